The minimum Gasteiger partial charge on any atom is -0.491 e. The highest BCUT2D eigenvalue weighted by Crippen LogP contribution is 2.57. The van der Waals surface area contributed by atoms with Crippen LogP contribution >= 0.6 is 0 Å². The zero-order chi connectivity index (χ0) is 39.8. The summed E-state index contributed by atoms with van der Waals surface area (Å²) in [4.78, 5) is 0. The van der Waals surface area contributed by atoms with Crippen LogP contribution in [0.4, 0.5) is 0 Å². The van der Waals surface area contributed by atoms with Gasteiger partial charge >= 0.3 is 0 Å². The molecule has 0 bridgehead atoms. The van der Waals surface area contributed by atoms with E-state index in [2.05, 4.69) is 133 Å². The summed E-state index contributed by atoms with van der Waals surface area (Å²) >= 11 is 0. The lowest BCUT2D eigenvalue weighted by Gasteiger charge is -2.35. The molecule has 6 aromatic rings. The Bertz CT molecular complexity index is 2050. The van der Waals surface area contributed by atoms with Crippen LogP contribution in [0.15, 0.2) is 146 Å². The highest BCUT2D eigenvalue weighted by Gasteiger charge is 2.46. The van der Waals surface area contributed by atoms with Gasteiger partial charge in [0.15, 0.2) is 0 Å². The Kier molecular flexibility index (Phi) is 12.9. The number of aliphatic hydroxyl groups is 2. The molecule has 0 radical (unpaired) electrons. The molecule has 6 nitrogen and oxygen atoms in total. The summed E-state index contributed by atoms with van der Waals surface area (Å²) in [5.41, 5.74) is 11.1. The van der Waals surface area contributed by atoms with Crippen molar-refractivity contribution in [3.63, 3.8) is 0 Å². The van der Waals surface area contributed by atoms with Crippen LogP contribution in [0, 0.1) is 0 Å². The maximum atomic E-state index is 9.79. The molecule has 1 aliphatic carbocycles. The predicted molar refractivity (Wildman–Crippen MR) is 227 cm³/mol. The molecule has 4 unspecified atom stereocenters. The van der Waals surface area contributed by atoms with Crippen LogP contribution in [0.25, 0.3) is 11.1 Å². The van der Waals surface area contributed by atoms with Gasteiger partial charge in [0.05, 0.1) is 43.0 Å². The molecule has 0 saturated carbocycles. The normalized spacial score (nSPS) is 14.9. The number of aliphatic hydroxyl groups excluding tert-OH is 2. The second-order valence-electron chi connectivity index (χ2n) is 15.4. The maximum absolute atomic E-state index is 9.79. The largest absolute Gasteiger partial charge is 0.491 e. The highest BCUT2D eigenvalue weighted by molar-refractivity contribution is 5.86. The molecule has 0 aliphatic heterocycles. The van der Waals surface area contributed by atoms with Gasteiger partial charge in [0.2, 0.25) is 0 Å². The van der Waals surface area contributed by atoms with Gasteiger partial charge in [0.1, 0.15) is 24.7 Å². The van der Waals surface area contributed by atoms with Gasteiger partial charge in [-0.15, -0.1) is 0 Å². The standard InChI is InChI=1S/C51H54O6/c1-35(52)31-54-37(3)33-56-49-25-23-43(29-41(49)27-39-15-7-5-8-16-39)51(47-21-13-11-19-45(47)46-20-12-14-22-48(46)51)44-24-26-50(57-34-38(4)55-32-36(2)53)42(30-44)28-40-17-9-6-10-18-40/h5-26,29-30,35-38,52-53H,27-28,31-34H2,1-4H3. The molecule has 0 amide bonds. The molecule has 6 aromatic carbocycles. The Morgan fingerprint density at radius 1 is 0.456 bits per heavy atom. The average molecular weight is 763 g/mol. The van der Waals surface area contributed by atoms with E-state index in [9.17, 15) is 10.2 Å². The molecule has 7 rings (SSSR count). The van der Waals surface area contributed by atoms with Crippen LogP contribution in [-0.4, -0.2) is 61.1 Å². The Labute approximate surface area is 337 Å². The fourth-order valence-electron chi connectivity index (χ4n) is 7.96. The van der Waals surface area contributed by atoms with E-state index in [0.29, 0.717) is 26.1 Å². The van der Waals surface area contributed by atoms with Crippen molar-refractivity contribution in [2.24, 2.45) is 0 Å². The summed E-state index contributed by atoms with van der Waals surface area (Å²) in [7, 11) is 0. The second kappa shape index (κ2) is 18.4. The van der Waals surface area contributed by atoms with Gasteiger partial charge in [-0.3, -0.25) is 0 Å². The molecule has 2 N–H and O–H groups in total. The van der Waals surface area contributed by atoms with Gasteiger partial charge in [0, 0.05) is 12.8 Å². The van der Waals surface area contributed by atoms with E-state index < -0.39 is 17.6 Å². The van der Waals surface area contributed by atoms with Crippen molar-refractivity contribution in [3.8, 4) is 22.6 Å². The molecule has 4 atom stereocenters. The van der Waals surface area contributed by atoms with Crippen LogP contribution in [0.1, 0.15) is 72.2 Å². The van der Waals surface area contributed by atoms with Gasteiger partial charge in [-0.1, -0.05) is 133 Å². The van der Waals surface area contributed by atoms with Crippen LogP contribution in [0.2, 0.25) is 0 Å². The summed E-state index contributed by atoms with van der Waals surface area (Å²) in [6, 6.07) is 52.0. The SMILES string of the molecule is CC(O)COC(C)COc1ccc(C2(c3ccc(OCC(C)OCC(C)O)c(Cc4ccccc4)c3)c3ccccc3-c3ccccc32)cc1Cc1ccccc1. The zero-order valence-corrected chi connectivity index (χ0v) is 33.4. The Balaban J connectivity index is 1.38. The molecule has 0 fully saturated rings. The lowest BCUT2D eigenvalue weighted by Crippen LogP contribution is -2.29. The number of rotatable bonds is 18. The van der Waals surface area contributed by atoms with Crippen LogP contribution in [-0.2, 0) is 27.7 Å². The van der Waals surface area contributed by atoms with Crippen molar-refractivity contribution in [3.05, 3.63) is 190 Å². The summed E-state index contributed by atoms with van der Waals surface area (Å²) < 4.78 is 24.8. The monoisotopic (exact) mass is 762 g/mol. The van der Waals surface area contributed by atoms with Crippen molar-refractivity contribution in [2.45, 2.75) is 70.4 Å². The summed E-state index contributed by atoms with van der Waals surface area (Å²) in [6.45, 7) is 8.62. The smallest absolute Gasteiger partial charge is 0.122 e. The molecular formula is C51H54O6. The minimum absolute atomic E-state index is 0.194. The highest BCUT2D eigenvalue weighted by atomic mass is 16.5. The summed E-state index contributed by atoms with van der Waals surface area (Å²) in [5, 5.41) is 19.6. The van der Waals surface area contributed by atoms with E-state index in [1.54, 1.807) is 13.8 Å². The molecule has 294 valence electrons. The lowest BCUT2D eigenvalue weighted by molar-refractivity contribution is -0.0133. The van der Waals surface area contributed by atoms with E-state index in [1.165, 1.54) is 33.4 Å². The Hall–Kier alpha value is -5.24. The quantitative estimate of drug-likeness (QED) is 0.0908. The van der Waals surface area contributed by atoms with E-state index >= 15 is 0 Å². The van der Waals surface area contributed by atoms with Crippen molar-refractivity contribution in [1.82, 2.24) is 0 Å². The topological polar surface area (TPSA) is 77.4 Å². The molecule has 0 aromatic heterocycles. The third-order valence-electron chi connectivity index (χ3n) is 10.6. The number of ether oxygens (including phenoxy) is 4. The van der Waals surface area contributed by atoms with Crippen molar-refractivity contribution in [1.29, 1.82) is 0 Å². The zero-order valence-electron chi connectivity index (χ0n) is 33.4. The van der Waals surface area contributed by atoms with Crippen LogP contribution in [0.3, 0.4) is 0 Å². The molecular weight excluding hydrogens is 709 g/mol. The van der Waals surface area contributed by atoms with Gasteiger partial charge in [0.25, 0.3) is 0 Å². The Morgan fingerprint density at radius 2 is 0.842 bits per heavy atom. The summed E-state index contributed by atoms with van der Waals surface area (Å²) in [6.07, 6.45) is -0.0936. The summed E-state index contributed by atoms with van der Waals surface area (Å²) in [5.74, 6) is 1.62. The number of hydrogen-bond donors (Lipinski definition) is 2. The first-order chi connectivity index (χ1) is 27.7. The molecule has 0 saturated heterocycles. The minimum atomic E-state index is -0.650. The maximum Gasteiger partial charge on any atom is 0.122 e. The molecule has 1 aliphatic rings. The second-order valence-corrected chi connectivity index (χ2v) is 15.4. The van der Waals surface area contributed by atoms with Crippen LogP contribution in [0.5, 0.6) is 11.5 Å². The van der Waals surface area contributed by atoms with Crippen molar-refractivity contribution in [2.75, 3.05) is 26.4 Å². The third kappa shape index (κ3) is 9.16. The third-order valence-corrected chi connectivity index (χ3v) is 10.6. The van der Waals surface area contributed by atoms with E-state index in [0.717, 1.165) is 33.8 Å². The molecule has 6 heteroatoms. The van der Waals surface area contributed by atoms with Crippen molar-refractivity contribution < 1.29 is 29.2 Å². The van der Waals surface area contributed by atoms with Gasteiger partial charge in [-0.05, 0) is 95.5 Å². The molecule has 0 spiro atoms. The average Bonchev–Trinajstić information content (AvgIpc) is 3.53. The fraction of sp³-hybridized carbons (Fsp3) is 0.294. The molecule has 57 heavy (non-hydrogen) atoms. The first-order valence-corrected chi connectivity index (χ1v) is 20.1. The number of hydrogen-bond acceptors (Lipinski definition) is 6. The Morgan fingerprint density at radius 3 is 1.25 bits per heavy atom. The van der Waals surface area contributed by atoms with E-state index in [4.69, 9.17) is 18.9 Å². The first-order valence-electron chi connectivity index (χ1n) is 20.1. The predicted octanol–water partition coefficient (Wildman–Crippen LogP) is 9.56. The van der Waals surface area contributed by atoms with Crippen LogP contribution < -0.4 is 9.47 Å². The number of fused-ring (bicyclic) bond motifs is 3. The van der Waals surface area contributed by atoms with E-state index in [1.807, 2.05) is 26.0 Å². The fourth-order valence-corrected chi connectivity index (χ4v) is 7.96. The molecule has 0 heterocycles. The lowest BCUT2D eigenvalue weighted by atomic mass is 9.67. The van der Waals surface area contributed by atoms with Crippen molar-refractivity contribution >= 4 is 0 Å². The van der Waals surface area contributed by atoms with E-state index in [-0.39, 0.29) is 25.4 Å². The van der Waals surface area contributed by atoms with Gasteiger partial charge < -0.3 is 29.2 Å². The van der Waals surface area contributed by atoms with Gasteiger partial charge in [-0.2, -0.15) is 0 Å². The van der Waals surface area contributed by atoms with Gasteiger partial charge in [-0.25, -0.2) is 0 Å². The number of benzene rings is 6. The first kappa shape index (κ1) is 40.0.